The molecule has 1 amide bonds. The third-order valence-electron chi connectivity index (χ3n) is 3.93. The number of thiophene rings is 1. The lowest BCUT2D eigenvalue weighted by molar-refractivity contribution is -0.118. The van der Waals surface area contributed by atoms with Gasteiger partial charge in [-0.25, -0.2) is 13.8 Å². The maximum Gasteiger partial charge on any atom is 0.276 e. The molecule has 0 aliphatic rings. The van der Waals surface area contributed by atoms with Crippen LogP contribution in [0, 0.1) is 17.6 Å². The Balaban J connectivity index is 1.92. The van der Waals surface area contributed by atoms with Crippen molar-refractivity contribution in [3.05, 3.63) is 51.6 Å². The number of nitrogens with one attached hydrogen (secondary N) is 1. The average molecular weight is 424 g/mol. The third kappa shape index (κ3) is 4.77. The van der Waals surface area contributed by atoms with Gasteiger partial charge >= 0.3 is 0 Å². The zero-order valence-corrected chi connectivity index (χ0v) is 17.0. The summed E-state index contributed by atoms with van der Waals surface area (Å²) in [6, 6.07) is 4.57. The Morgan fingerprint density at radius 2 is 2.00 bits per heavy atom. The third-order valence-corrected chi connectivity index (χ3v) is 5.76. The first kappa shape index (κ1) is 20.5. The predicted octanol–water partition coefficient (Wildman–Crippen LogP) is 3.98. The van der Waals surface area contributed by atoms with Crippen LogP contribution < -0.4 is 10.9 Å². The molecule has 3 rings (SSSR count). The minimum Gasteiger partial charge on any atom is -0.355 e. The van der Waals surface area contributed by atoms with Crippen LogP contribution in [-0.2, 0) is 4.79 Å². The lowest BCUT2D eigenvalue weighted by atomic mass is 10.1. The monoisotopic (exact) mass is 423 g/mol. The van der Waals surface area contributed by atoms with E-state index in [2.05, 4.69) is 24.1 Å². The summed E-state index contributed by atoms with van der Waals surface area (Å²) in [5.74, 6) is -1.27. The van der Waals surface area contributed by atoms with Crippen LogP contribution in [0.2, 0.25) is 0 Å². The number of thioether (sulfide) groups is 1. The van der Waals surface area contributed by atoms with Crippen LogP contribution >= 0.6 is 23.1 Å². The first-order valence-electron chi connectivity index (χ1n) is 8.71. The Labute approximate surface area is 168 Å². The van der Waals surface area contributed by atoms with Gasteiger partial charge in [0.2, 0.25) is 5.91 Å². The number of carbonyl (C=O) groups excluding carboxylic acids is 1. The summed E-state index contributed by atoms with van der Waals surface area (Å²) in [6.45, 7) is 4.70. The Morgan fingerprint density at radius 3 is 2.68 bits per heavy atom. The summed E-state index contributed by atoms with van der Waals surface area (Å²) >= 11 is 2.26. The van der Waals surface area contributed by atoms with E-state index in [-0.39, 0.29) is 22.5 Å². The zero-order valence-electron chi connectivity index (χ0n) is 15.4. The van der Waals surface area contributed by atoms with Crippen molar-refractivity contribution in [2.24, 2.45) is 5.92 Å². The number of nitrogens with zero attached hydrogens (tertiary/aromatic N) is 2. The molecule has 0 spiro atoms. The standard InChI is InChI=1S/C19H19F2N3O2S2/c1-11(2)3-5-22-16(25)10-28-19-23-15-4-6-27-17(15)18(26)24(19)14-8-12(20)7-13(21)9-14/h4,6-9,11H,3,5,10H2,1-2H3,(H,22,25). The van der Waals surface area contributed by atoms with Crippen LogP contribution in [0.5, 0.6) is 0 Å². The van der Waals surface area contributed by atoms with E-state index in [9.17, 15) is 18.4 Å². The first-order chi connectivity index (χ1) is 13.3. The summed E-state index contributed by atoms with van der Waals surface area (Å²) in [4.78, 5) is 29.4. The van der Waals surface area contributed by atoms with Gasteiger partial charge in [-0.3, -0.25) is 14.2 Å². The molecule has 5 nitrogen and oxygen atoms in total. The van der Waals surface area contributed by atoms with Crippen molar-refractivity contribution in [3.8, 4) is 5.69 Å². The molecule has 2 aromatic heterocycles. The molecular weight excluding hydrogens is 404 g/mol. The molecule has 0 atom stereocenters. The molecule has 28 heavy (non-hydrogen) atoms. The minimum atomic E-state index is -0.796. The molecule has 2 heterocycles. The lowest BCUT2D eigenvalue weighted by Gasteiger charge is -2.12. The van der Waals surface area contributed by atoms with Crippen LogP contribution in [0.15, 0.2) is 39.6 Å². The molecule has 0 radical (unpaired) electrons. The lowest BCUT2D eigenvalue weighted by Crippen LogP contribution is -2.28. The molecule has 0 unspecified atom stereocenters. The van der Waals surface area contributed by atoms with Gasteiger partial charge in [0.15, 0.2) is 5.16 Å². The maximum atomic E-state index is 13.7. The van der Waals surface area contributed by atoms with Crippen LogP contribution in [0.4, 0.5) is 8.78 Å². The van der Waals surface area contributed by atoms with Crippen LogP contribution in [0.1, 0.15) is 20.3 Å². The SMILES string of the molecule is CC(C)CCNC(=O)CSc1nc2ccsc2c(=O)n1-c1cc(F)cc(F)c1. The number of rotatable bonds is 7. The van der Waals surface area contributed by atoms with Crippen LogP contribution in [-0.4, -0.2) is 27.8 Å². The quantitative estimate of drug-likeness (QED) is 0.461. The van der Waals surface area contributed by atoms with Crippen molar-refractivity contribution in [2.45, 2.75) is 25.4 Å². The van der Waals surface area contributed by atoms with E-state index in [4.69, 9.17) is 0 Å². The van der Waals surface area contributed by atoms with Gasteiger partial charge < -0.3 is 5.32 Å². The highest BCUT2D eigenvalue weighted by atomic mass is 32.2. The second-order valence-corrected chi connectivity index (χ2v) is 8.48. The van der Waals surface area contributed by atoms with Crippen molar-refractivity contribution in [1.82, 2.24) is 14.9 Å². The fourth-order valence-electron chi connectivity index (χ4n) is 2.57. The van der Waals surface area contributed by atoms with E-state index in [0.717, 1.165) is 40.9 Å². The number of carbonyl (C=O) groups is 1. The van der Waals surface area contributed by atoms with Gasteiger partial charge in [0.1, 0.15) is 16.3 Å². The van der Waals surface area contributed by atoms with Gasteiger partial charge in [-0.05, 0) is 35.9 Å². The molecule has 148 valence electrons. The molecule has 1 aromatic carbocycles. The summed E-state index contributed by atoms with van der Waals surface area (Å²) in [5, 5.41) is 4.75. The zero-order chi connectivity index (χ0) is 20.3. The summed E-state index contributed by atoms with van der Waals surface area (Å²) < 4.78 is 28.9. The van der Waals surface area contributed by atoms with Gasteiger partial charge in [0, 0.05) is 12.6 Å². The van der Waals surface area contributed by atoms with E-state index in [1.165, 1.54) is 11.3 Å². The smallest absolute Gasteiger partial charge is 0.276 e. The van der Waals surface area contributed by atoms with Crippen molar-refractivity contribution in [2.75, 3.05) is 12.3 Å². The molecule has 0 aliphatic carbocycles. The van der Waals surface area contributed by atoms with Gasteiger partial charge in [-0.1, -0.05) is 25.6 Å². The molecule has 0 fully saturated rings. The van der Waals surface area contributed by atoms with Gasteiger partial charge in [0.25, 0.3) is 5.56 Å². The minimum absolute atomic E-state index is 0.0352. The molecule has 0 bridgehead atoms. The fraction of sp³-hybridized carbons (Fsp3) is 0.316. The number of hydrogen-bond acceptors (Lipinski definition) is 5. The largest absolute Gasteiger partial charge is 0.355 e. The highest BCUT2D eigenvalue weighted by Gasteiger charge is 2.17. The highest BCUT2D eigenvalue weighted by molar-refractivity contribution is 7.99. The number of hydrogen-bond donors (Lipinski definition) is 1. The number of halogens is 2. The summed E-state index contributed by atoms with van der Waals surface area (Å²) in [6.07, 6.45) is 0.864. The van der Waals surface area contributed by atoms with Crippen LogP contribution in [0.25, 0.3) is 15.9 Å². The Hall–Kier alpha value is -2.26. The van der Waals surface area contributed by atoms with Gasteiger partial charge in [0.05, 0.1) is 17.0 Å². The Kier molecular flexibility index (Phi) is 6.46. The summed E-state index contributed by atoms with van der Waals surface area (Å²) in [5.41, 5.74) is 0.103. The first-order valence-corrected chi connectivity index (χ1v) is 10.6. The van der Waals surface area contributed by atoms with Gasteiger partial charge in [-0.2, -0.15) is 0 Å². The van der Waals surface area contributed by atoms with Crippen LogP contribution in [0.3, 0.4) is 0 Å². The number of fused-ring (bicyclic) bond motifs is 1. The second kappa shape index (κ2) is 8.83. The average Bonchev–Trinajstić information content (AvgIpc) is 3.07. The van der Waals surface area contributed by atoms with E-state index in [1.54, 1.807) is 11.4 Å². The molecule has 0 saturated heterocycles. The number of benzene rings is 1. The number of amides is 1. The van der Waals surface area contributed by atoms with E-state index >= 15 is 0 Å². The topological polar surface area (TPSA) is 64.0 Å². The Bertz CT molecular complexity index is 1040. The van der Waals surface area contributed by atoms with E-state index in [0.29, 0.717) is 22.7 Å². The molecular formula is C19H19F2N3O2S2. The van der Waals surface area contributed by atoms with E-state index in [1.807, 2.05) is 0 Å². The number of aromatic nitrogens is 2. The molecule has 3 aromatic rings. The molecule has 1 N–H and O–H groups in total. The highest BCUT2D eigenvalue weighted by Crippen LogP contribution is 2.24. The van der Waals surface area contributed by atoms with Gasteiger partial charge in [-0.15, -0.1) is 11.3 Å². The van der Waals surface area contributed by atoms with Crippen molar-refractivity contribution in [3.63, 3.8) is 0 Å². The molecule has 9 heteroatoms. The Morgan fingerprint density at radius 1 is 1.29 bits per heavy atom. The molecule has 0 aliphatic heterocycles. The predicted molar refractivity (Wildman–Crippen MR) is 108 cm³/mol. The molecule has 0 saturated carbocycles. The maximum absolute atomic E-state index is 13.7. The second-order valence-electron chi connectivity index (χ2n) is 6.62. The van der Waals surface area contributed by atoms with Crippen molar-refractivity contribution < 1.29 is 13.6 Å². The fourth-order valence-corrected chi connectivity index (χ4v) is 4.17. The van der Waals surface area contributed by atoms with Crippen molar-refractivity contribution >= 4 is 39.2 Å². The van der Waals surface area contributed by atoms with E-state index < -0.39 is 17.2 Å². The summed E-state index contributed by atoms with van der Waals surface area (Å²) in [7, 11) is 0. The van der Waals surface area contributed by atoms with Crippen molar-refractivity contribution in [1.29, 1.82) is 0 Å². The normalized spacial score (nSPS) is 11.3.